The maximum absolute atomic E-state index is 12.5. The van der Waals surface area contributed by atoms with Crippen molar-refractivity contribution in [3.8, 4) is 11.1 Å². The summed E-state index contributed by atoms with van der Waals surface area (Å²) in [4.78, 5) is 24.9. The number of aliphatic carboxylic acids is 1. The molecular weight excluding hydrogens is 342 g/mol. The molecule has 1 amide bonds. The first-order chi connectivity index (χ1) is 13.1. The zero-order chi connectivity index (χ0) is 18.8. The monoisotopic (exact) mass is 365 g/mol. The molecule has 1 aliphatic heterocycles. The lowest BCUT2D eigenvalue weighted by molar-refractivity contribution is -0.137. The van der Waals surface area contributed by atoms with Gasteiger partial charge in [-0.25, -0.2) is 4.79 Å². The number of fused-ring (bicyclic) bond motifs is 3. The van der Waals surface area contributed by atoms with E-state index < -0.39 is 5.97 Å². The number of nitrogens with zero attached hydrogens (tertiary/aromatic N) is 1. The number of hydrogen-bond donors (Lipinski definition) is 1. The van der Waals surface area contributed by atoms with Crippen LogP contribution in [-0.2, 0) is 9.53 Å². The molecule has 5 nitrogen and oxygen atoms in total. The van der Waals surface area contributed by atoms with Crippen molar-refractivity contribution in [3.63, 3.8) is 0 Å². The van der Waals surface area contributed by atoms with Gasteiger partial charge in [-0.1, -0.05) is 48.5 Å². The summed E-state index contributed by atoms with van der Waals surface area (Å²) in [5.41, 5.74) is 4.83. The average molecular weight is 365 g/mol. The van der Waals surface area contributed by atoms with Gasteiger partial charge in [0, 0.05) is 25.4 Å². The lowest BCUT2D eigenvalue weighted by Crippen LogP contribution is -2.30. The van der Waals surface area contributed by atoms with Crippen molar-refractivity contribution < 1.29 is 19.4 Å². The number of ether oxygens (including phenoxy) is 1. The second-order valence-electron chi connectivity index (χ2n) is 7.34. The Morgan fingerprint density at radius 2 is 1.67 bits per heavy atom. The van der Waals surface area contributed by atoms with Crippen LogP contribution in [0.2, 0.25) is 0 Å². The Kier molecular flexibility index (Phi) is 4.84. The Morgan fingerprint density at radius 3 is 2.30 bits per heavy atom. The molecule has 2 aromatic rings. The number of carbonyl (C=O) groups is 2. The topological polar surface area (TPSA) is 66.8 Å². The summed E-state index contributed by atoms with van der Waals surface area (Å²) in [5.74, 6) is -0.470. The van der Waals surface area contributed by atoms with E-state index in [4.69, 9.17) is 9.84 Å². The van der Waals surface area contributed by atoms with Crippen LogP contribution in [0.3, 0.4) is 0 Å². The first kappa shape index (κ1) is 17.6. The Labute approximate surface area is 158 Å². The highest BCUT2D eigenvalue weighted by molar-refractivity contribution is 5.79. The average Bonchev–Trinajstić information content (AvgIpc) is 3.28. The molecule has 1 atom stereocenters. The van der Waals surface area contributed by atoms with Crippen LogP contribution in [-0.4, -0.2) is 41.8 Å². The molecule has 5 heteroatoms. The summed E-state index contributed by atoms with van der Waals surface area (Å²) < 4.78 is 5.67. The van der Waals surface area contributed by atoms with Crippen LogP contribution >= 0.6 is 0 Å². The third-order valence-corrected chi connectivity index (χ3v) is 5.65. The molecule has 1 fully saturated rings. The minimum atomic E-state index is -0.783. The quantitative estimate of drug-likeness (QED) is 0.865. The van der Waals surface area contributed by atoms with E-state index in [-0.39, 0.29) is 24.3 Å². The van der Waals surface area contributed by atoms with Gasteiger partial charge in [0.15, 0.2) is 0 Å². The third-order valence-electron chi connectivity index (χ3n) is 5.65. The summed E-state index contributed by atoms with van der Waals surface area (Å²) >= 11 is 0. The number of carboxylic acids is 1. The Bertz CT molecular complexity index is 817. The summed E-state index contributed by atoms with van der Waals surface area (Å²) in [7, 11) is 0. The molecule has 1 N–H and O–H groups in total. The van der Waals surface area contributed by atoms with Crippen molar-refractivity contribution in [2.45, 2.75) is 25.2 Å². The van der Waals surface area contributed by atoms with Crippen LogP contribution in [0.15, 0.2) is 48.5 Å². The van der Waals surface area contributed by atoms with Gasteiger partial charge in [-0.05, 0) is 41.0 Å². The number of benzene rings is 2. The second-order valence-corrected chi connectivity index (χ2v) is 7.34. The largest absolute Gasteiger partial charge is 0.481 e. The van der Waals surface area contributed by atoms with Crippen molar-refractivity contribution >= 4 is 12.1 Å². The van der Waals surface area contributed by atoms with E-state index in [1.54, 1.807) is 4.90 Å². The van der Waals surface area contributed by atoms with Gasteiger partial charge in [0.2, 0.25) is 0 Å². The molecule has 4 rings (SSSR count). The van der Waals surface area contributed by atoms with Crippen LogP contribution in [0, 0.1) is 5.92 Å². The van der Waals surface area contributed by atoms with Crippen molar-refractivity contribution in [1.82, 2.24) is 4.90 Å². The lowest BCUT2D eigenvalue weighted by Gasteiger charge is -2.19. The summed E-state index contributed by atoms with van der Waals surface area (Å²) in [6, 6.07) is 16.5. The van der Waals surface area contributed by atoms with Gasteiger partial charge >= 0.3 is 12.1 Å². The SMILES string of the molecule is O=C(O)CCC1CCN(C(=O)OCC2c3ccccc3-c3ccccc32)C1. The third kappa shape index (κ3) is 3.54. The Balaban J connectivity index is 1.39. The van der Waals surface area contributed by atoms with E-state index in [1.165, 1.54) is 22.3 Å². The number of carboxylic acid groups (broad SMARTS) is 1. The number of likely N-dealkylation sites (tertiary alicyclic amines) is 1. The Hall–Kier alpha value is -2.82. The van der Waals surface area contributed by atoms with Crippen molar-refractivity contribution in [2.75, 3.05) is 19.7 Å². The van der Waals surface area contributed by atoms with Crippen LogP contribution in [0.5, 0.6) is 0 Å². The number of rotatable bonds is 5. The zero-order valence-corrected chi connectivity index (χ0v) is 15.1. The van der Waals surface area contributed by atoms with E-state index >= 15 is 0 Å². The fourth-order valence-electron chi connectivity index (χ4n) is 4.25. The highest BCUT2D eigenvalue weighted by Crippen LogP contribution is 2.44. The maximum Gasteiger partial charge on any atom is 0.409 e. The fourth-order valence-corrected chi connectivity index (χ4v) is 4.25. The second kappa shape index (κ2) is 7.43. The molecule has 0 spiro atoms. The van der Waals surface area contributed by atoms with Crippen molar-refractivity contribution in [2.24, 2.45) is 5.92 Å². The van der Waals surface area contributed by atoms with Crippen molar-refractivity contribution in [1.29, 1.82) is 0 Å². The molecule has 1 aliphatic carbocycles. The molecule has 2 aromatic carbocycles. The van der Waals surface area contributed by atoms with Gasteiger partial charge in [0.1, 0.15) is 6.61 Å². The zero-order valence-electron chi connectivity index (χ0n) is 15.1. The molecule has 0 saturated carbocycles. The van der Waals surface area contributed by atoms with Gasteiger partial charge in [0.25, 0.3) is 0 Å². The maximum atomic E-state index is 12.5. The van der Waals surface area contributed by atoms with E-state index in [1.807, 2.05) is 24.3 Å². The first-order valence-corrected chi connectivity index (χ1v) is 9.45. The molecular formula is C22H23NO4. The van der Waals surface area contributed by atoms with Crippen molar-refractivity contribution in [3.05, 3.63) is 59.7 Å². The number of amides is 1. The van der Waals surface area contributed by atoms with E-state index in [0.29, 0.717) is 26.1 Å². The van der Waals surface area contributed by atoms with E-state index in [9.17, 15) is 9.59 Å². The first-order valence-electron chi connectivity index (χ1n) is 9.45. The highest BCUT2D eigenvalue weighted by atomic mass is 16.6. The Morgan fingerprint density at radius 1 is 1.04 bits per heavy atom. The van der Waals surface area contributed by atoms with Crippen LogP contribution in [0.4, 0.5) is 4.79 Å². The number of carbonyl (C=O) groups excluding carboxylic acids is 1. The predicted octanol–water partition coefficient (Wildman–Crippen LogP) is 4.12. The minimum absolute atomic E-state index is 0.0618. The predicted molar refractivity (Wildman–Crippen MR) is 102 cm³/mol. The molecule has 0 aromatic heterocycles. The molecule has 1 heterocycles. The van der Waals surface area contributed by atoms with Gasteiger partial charge in [0.05, 0.1) is 0 Å². The van der Waals surface area contributed by atoms with Gasteiger partial charge in [-0.3, -0.25) is 4.79 Å². The number of hydrogen-bond acceptors (Lipinski definition) is 3. The fraction of sp³-hybridized carbons (Fsp3) is 0.364. The van der Waals surface area contributed by atoms with E-state index in [2.05, 4.69) is 24.3 Å². The standard InChI is InChI=1S/C22H23NO4/c24-21(25)10-9-15-11-12-23(13-15)22(26)27-14-20-18-7-3-1-5-16(18)17-6-2-4-8-19(17)20/h1-8,15,20H,9-14H2,(H,24,25). The highest BCUT2D eigenvalue weighted by Gasteiger charge is 2.31. The molecule has 1 unspecified atom stereocenters. The molecule has 0 bridgehead atoms. The molecule has 0 radical (unpaired) electrons. The molecule has 140 valence electrons. The summed E-state index contributed by atoms with van der Waals surface area (Å²) in [5, 5.41) is 8.81. The van der Waals surface area contributed by atoms with Gasteiger partial charge in [-0.15, -0.1) is 0 Å². The van der Waals surface area contributed by atoms with Gasteiger partial charge < -0.3 is 14.7 Å². The smallest absolute Gasteiger partial charge is 0.409 e. The van der Waals surface area contributed by atoms with Crippen LogP contribution in [0.25, 0.3) is 11.1 Å². The normalized spacial score (nSPS) is 18.2. The van der Waals surface area contributed by atoms with Gasteiger partial charge in [-0.2, -0.15) is 0 Å². The van der Waals surface area contributed by atoms with Crippen LogP contribution in [0.1, 0.15) is 36.3 Å². The summed E-state index contributed by atoms with van der Waals surface area (Å²) in [6.07, 6.45) is 1.32. The lowest BCUT2D eigenvalue weighted by atomic mass is 9.98. The molecule has 2 aliphatic rings. The van der Waals surface area contributed by atoms with E-state index in [0.717, 1.165) is 6.42 Å². The van der Waals surface area contributed by atoms with Crippen LogP contribution < -0.4 is 0 Å². The molecule has 27 heavy (non-hydrogen) atoms. The molecule has 1 saturated heterocycles. The summed E-state index contributed by atoms with van der Waals surface area (Å²) in [6.45, 7) is 1.55. The minimum Gasteiger partial charge on any atom is -0.481 e.